The topological polar surface area (TPSA) is 114 Å². The van der Waals surface area contributed by atoms with E-state index in [0.717, 1.165) is 75.7 Å². The summed E-state index contributed by atoms with van der Waals surface area (Å²) in [5.41, 5.74) is 7.01. The second-order valence-electron chi connectivity index (χ2n) is 16.2. The Kier molecular flexibility index (Phi) is 9.54. The maximum Gasteiger partial charge on any atom is 0.262 e. The van der Waals surface area contributed by atoms with Crippen LogP contribution in [0.1, 0.15) is 87.8 Å². The van der Waals surface area contributed by atoms with Crippen LogP contribution in [0.4, 0.5) is 5.69 Å². The molecular weight excluding hydrogens is 691 g/mol. The summed E-state index contributed by atoms with van der Waals surface area (Å²) in [6.45, 7) is 6.79. The Labute approximate surface area is 322 Å². The molecule has 6 aliphatic rings. The van der Waals surface area contributed by atoms with Gasteiger partial charge in [0.15, 0.2) is 0 Å². The first-order chi connectivity index (χ1) is 26.8. The number of piperazine rings is 1. The number of hydrogen-bond acceptors (Lipinski definition) is 8. The fourth-order valence-corrected chi connectivity index (χ4v) is 10.2. The molecular formula is C45H49N5O5. The molecule has 4 atom stereocenters. The van der Waals surface area contributed by atoms with E-state index in [1.54, 1.807) is 12.1 Å². The SMILES string of the molecule is O=C1CCC(N2C(=O)c3ccc(N4CCN(CC5CCN(C6=CCC([C@@H]7c8ccc(O)cc8CC[C@@H]7c7ccccc7)C=C6)CC5)CC4)cc3C2=O)C(=O)N1. The largest absolute Gasteiger partial charge is 0.508 e. The van der Waals surface area contributed by atoms with Crippen LogP contribution in [0.3, 0.4) is 0 Å². The normalized spacial score (nSPS) is 26.2. The minimum Gasteiger partial charge on any atom is -0.508 e. The van der Waals surface area contributed by atoms with Gasteiger partial charge in [0.05, 0.1) is 11.1 Å². The van der Waals surface area contributed by atoms with Crippen LogP contribution in [0.5, 0.6) is 5.75 Å². The number of nitrogens with zero attached hydrogens (tertiary/aromatic N) is 4. The summed E-state index contributed by atoms with van der Waals surface area (Å²) >= 11 is 0. The summed E-state index contributed by atoms with van der Waals surface area (Å²) in [5, 5.41) is 12.5. The number of likely N-dealkylation sites (tertiary alicyclic amines) is 1. The van der Waals surface area contributed by atoms with Crippen molar-refractivity contribution in [3.8, 4) is 5.75 Å². The van der Waals surface area contributed by atoms with Crippen LogP contribution in [0.2, 0.25) is 0 Å². The van der Waals surface area contributed by atoms with Gasteiger partial charge < -0.3 is 14.9 Å². The van der Waals surface area contributed by atoms with Gasteiger partial charge in [0, 0.05) is 63.6 Å². The minimum atomic E-state index is -0.956. The lowest BCUT2D eigenvalue weighted by atomic mass is 9.65. The van der Waals surface area contributed by atoms with Gasteiger partial charge in [-0.1, -0.05) is 48.6 Å². The van der Waals surface area contributed by atoms with Crippen LogP contribution >= 0.6 is 0 Å². The molecule has 0 bridgehead atoms. The van der Waals surface area contributed by atoms with Gasteiger partial charge in [-0.15, -0.1) is 0 Å². The van der Waals surface area contributed by atoms with Gasteiger partial charge in [-0.2, -0.15) is 0 Å². The van der Waals surface area contributed by atoms with E-state index in [9.17, 15) is 24.3 Å². The van der Waals surface area contributed by atoms with E-state index < -0.39 is 23.8 Å². The van der Waals surface area contributed by atoms with Crippen LogP contribution in [-0.4, -0.2) is 95.3 Å². The van der Waals surface area contributed by atoms with E-state index >= 15 is 0 Å². The van der Waals surface area contributed by atoms with Crippen LogP contribution in [0, 0.1) is 11.8 Å². The second kappa shape index (κ2) is 14.8. The maximum absolute atomic E-state index is 13.4. The number of piperidine rings is 2. The van der Waals surface area contributed by atoms with E-state index in [1.807, 2.05) is 18.2 Å². The third-order valence-corrected chi connectivity index (χ3v) is 13.1. The number of rotatable bonds is 7. The number of amides is 4. The predicted octanol–water partition coefficient (Wildman–Crippen LogP) is 5.60. The Morgan fingerprint density at radius 2 is 1.53 bits per heavy atom. The molecule has 4 aliphatic heterocycles. The Morgan fingerprint density at radius 3 is 2.27 bits per heavy atom. The number of phenols is 1. The lowest BCUT2D eigenvalue weighted by Gasteiger charge is -2.41. The zero-order chi connectivity index (χ0) is 37.6. The highest BCUT2D eigenvalue weighted by atomic mass is 16.3. The molecule has 0 spiro atoms. The number of carbonyl (C=O) groups is 4. The van der Waals surface area contributed by atoms with Crippen molar-refractivity contribution in [3.05, 3.63) is 118 Å². The number of benzene rings is 3. The molecule has 10 nitrogen and oxygen atoms in total. The molecule has 0 saturated carbocycles. The van der Waals surface area contributed by atoms with Crippen molar-refractivity contribution >= 4 is 29.3 Å². The van der Waals surface area contributed by atoms with E-state index in [1.165, 1.54) is 35.2 Å². The molecule has 9 rings (SSSR count). The monoisotopic (exact) mass is 739 g/mol. The van der Waals surface area contributed by atoms with Crippen molar-refractivity contribution in [1.82, 2.24) is 20.0 Å². The first kappa shape index (κ1) is 35.5. The number of phenolic OH excluding ortho intramolecular Hbond substituents is 1. The van der Waals surface area contributed by atoms with E-state index in [0.29, 0.717) is 40.5 Å². The number of nitrogens with one attached hydrogen (secondary N) is 1. The molecule has 284 valence electrons. The molecule has 2 aliphatic carbocycles. The Balaban J connectivity index is 0.770. The molecule has 0 aromatic heterocycles. The van der Waals surface area contributed by atoms with Gasteiger partial charge in [-0.25, -0.2) is 0 Å². The molecule has 3 fully saturated rings. The predicted molar refractivity (Wildman–Crippen MR) is 210 cm³/mol. The smallest absolute Gasteiger partial charge is 0.262 e. The van der Waals surface area contributed by atoms with Crippen molar-refractivity contribution in [2.24, 2.45) is 11.8 Å². The quantitative estimate of drug-likeness (QED) is 0.302. The van der Waals surface area contributed by atoms with Crippen molar-refractivity contribution in [2.45, 2.75) is 62.8 Å². The number of allylic oxidation sites excluding steroid dienone is 3. The molecule has 4 amide bonds. The van der Waals surface area contributed by atoms with Crippen molar-refractivity contribution in [3.63, 3.8) is 0 Å². The number of aromatic hydroxyl groups is 1. The standard InChI is InChI=1S/C45H49N5O5/c51-35-12-15-37-32(26-35)8-13-36(30-4-2-1-3-5-30)42(37)31-6-9-33(10-7-31)48-20-18-29(19-21-48)28-47-22-24-49(25-23-47)34-11-14-38-39(27-34)45(55)50(44(38)54)40-16-17-41(52)46-43(40)53/h1-6,9-12,14-15,26-27,29,31,36,40,42,51H,7-8,13,16-25,28H2,(H,46,52,53)/t31?,36-,40?,42+/m1/s1. The number of imide groups is 2. The van der Waals surface area contributed by atoms with E-state index in [-0.39, 0.29) is 18.7 Å². The van der Waals surface area contributed by atoms with Crippen molar-refractivity contribution in [1.29, 1.82) is 0 Å². The number of carbonyl (C=O) groups excluding carboxylic acids is 4. The summed E-state index contributed by atoms with van der Waals surface area (Å²) in [6, 6.07) is 21.4. The summed E-state index contributed by atoms with van der Waals surface area (Å²) in [6.07, 6.45) is 13.0. The molecule has 10 heteroatoms. The van der Waals surface area contributed by atoms with E-state index in [4.69, 9.17) is 0 Å². The van der Waals surface area contributed by atoms with Gasteiger partial charge in [0.1, 0.15) is 11.8 Å². The van der Waals surface area contributed by atoms with Crippen LogP contribution in [-0.2, 0) is 16.0 Å². The van der Waals surface area contributed by atoms with Gasteiger partial charge in [-0.3, -0.25) is 34.3 Å². The molecule has 3 aromatic rings. The molecule has 2 N–H and O–H groups in total. The first-order valence-electron chi connectivity index (χ1n) is 20.1. The summed E-state index contributed by atoms with van der Waals surface area (Å²) in [5.74, 6) is 0.379. The van der Waals surface area contributed by atoms with Gasteiger partial charge in [0.2, 0.25) is 11.8 Å². The average Bonchev–Trinajstić information content (AvgIpc) is 3.46. The lowest BCUT2D eigenvalue weighted by Crippen LogP contribution is -2.54. The van der Waals surface area contributed by atoms with E-state index in [2.05, 4.69) is 74.6 Å². The third kappa shape index (κ3) is 6.86. The number of hydrogen-bond donors (Lipinski definition) is 2. The van der Waals surface area contributed by atoms with Gasteiger partial charge in [-0.05, 0) is 115 Å². The fraction of sp³-hybridized carbons (Fsp3) is 0.422. The highest BCUT2D eigenvalue weighted by molar-refractivity contribution is 6.23. The summed E-state index contributed by atoms with van der Waals surface area (Å²) in [7, 11) is 0. The first-order valence-corrected chi connectivity index (χ1v) is 20.1. The second-order valence-corrected chi connectivity index (χ2v) is 16.2. The zero-order valence-electron chi connectivity index (χ0n) is 31.2. The average molecular weight is 740 g/mol. The molecule has 55 heavy (non-hydrogen) atoms. The van der Waals surface area contributed by atoms with Crippen LogP contribution in [0.15, 0.2) is 90.7 Å². The number of aryl methyl sites for hydroxylation is 1. The molecule has 3 aromatic carbocycles. The Bertz CT molecular complexity index is 2060. The highest BCUT2D eigenvalue weighted by Gasteiger charge is 2.45. The molecule has 0 radical (unpaired) electrons. The van der Waals surface area contributed by atoms with Crippen LogP contribution < -0.4 is 10.2 Å². The fourth-order valence-electron chi connectivity index (χ4n) is 10.2. The van der Waals surface area contributed by atoms with Crippen molar-refractivity contribution < 1.29 is 24.3 Å². The highest BCUT2D eigenvalue weighted by Crippen LogP contribution is 2.49. The number of fused-ring (bicyclic) bond motifs is 2. The third-order valence-electron chi connectivity index (χ3n) is 13.1. The minimum absolute atomic E-state index is 0.106. The Morgan fingerprint density at radius 1 is 0.745 bits per heavy atom. The molecule has 3 saturated heterocycles. The van der Waals surface area contributed by atoms with Crippen LogP contribution in [0.25, 0.3) is 0 Å². The maximum atomic E-state index is 13.4. The summed E-state index contributed by atoms with van der Waals surface area (Å²) < 4.78 is 0. The lowest BCUT2D eigenvalue weighted by molar-refractivity contribution is -0.136. The van der Waals surface area contributed by atoms with Crippen molar-refractivity contribution in [2.75, 3.05) is 50.7 Å². The molecule has 2 unspecified atom stereocenters. The van der Waals surface area contributed by atoms with Gasteiger partial charge in [0.25, 0.3) is 11.8 Å². The molecule has 4 heterocycles. The summed E-state index contributed by atoms with van der Waals surface area (Å²) in [4.78, 5) is 59.0. The number of anilines is 1. The van der Waals surface area contributed by atoms with Gasteiger partial charge >= 0.3 is 0 Å². The Hall–Kier alpha value is -5.22. The zero-order valence-corrected chi connectivity index (χ0v) is 31.2.